The van der Waals surface area contributed by atoms with Gasteiger partial charge in [0.25, 0.3) is 10.0 Å². The van der Waals surface area contributed by atoms with Gasteiger partial charge in [0.1, 0.15) is 4.90 Å². The van der Waals surface area contributed by atoms with Crippen molar-refractivity contribution >= 4 is 26.5 Å². The highest BCUT2D eigenvalue weighted by molar-refractivity contribution is 7.92. The second-order valence-electron chi connectivity index (χ2n) is 7.21. The number of hydrogen-bond acceptors (Lipinski definition) is 3. The summed E-state index contributed by atoms with van der Waals surface area (Å²) in [4.78, 5) is 0.246. The Bertz CT molecular complexity index is 1040. The predicted octanol–water partition coefficient (Wildman–Crippen LogP) is 4.21. The van der Waals surface area contributed by atoms with Gasteiger partial charge < -0.3 is 0 Å². The zero-order chi connectivity index (χ0) is 18.4. The zero-order valence-corrected chi connectivity index (χ0v) is 16.0. The van der Waals surface area contributed by atoms with Gasteiger partial charge in [-0.3, -0.25) is 9.40 Å². The fourth-order valence-corrected chi connectivity index (χ4v) is 4.66. The Morgan fingerprint density at radius 2 is 1.64 bits per heavy atom. The second kappa shape index (κ2) is 5.88. The van der Waals surface area contributed by atoms with Crippen molar-refractivity contribution in [2.45, 2.75) is 45.1 Å². The summed E-state index contributed by atoms with van der Waals surface area (Å²) in [5.41, 5.74) is 1.42. The maximum absolute atomic E-state index is 13.1. The number of anilines is 1. The lowest BCUT2D eigenvalue weighted by Crippen LogP contribution is -2.25. The predicted molar refractivity (Wildman–Crippen MR) is 101 cm³/mol. The quantitative estimate of drug-likeness (QED) is 0.764. The van der Waals surface area contributed by atoms with Crippen LogP contribution < -0.4 is 4.72 Å². The standard InChI is InChI=1S/C19H23N3O2S/c1-13-18(14(2)22(20-13)19(3,4)5)25(23,24)21-17-12-8-10-15-9-6-7-11-16(15)17/h6-12,21H,1-5H3. The summed E-state index contributed by atoms with van der Waals surface area (Å²) in [5, 5.41) is 6.30. The van der Waals surface area contributed by atoms with Crippen molar-refractivity contribution in [3.63, 3.8) is 0 Å². The van der Waals surface area contributed by atoms with Gasteiger partial charge in [-0.2, -0.15) is 5.10 Å². The van der Waals surface area contributed by atoms with Gasteiger partial charge in [-0.05, 0) is 46.1 Å². The molecule has 1 aromatic heterocycles. The van der Waals surface area contributed by atoms with Crippen molar-refractivity contribution in [3.8, 4) is 0 Å². The minimum Gasteiger partial charge on any atom is -0.279 e. The van der Waals surface area contributed by atoms with E-state index in [1.807, 2.05) is 57.2 Å². The summed E-state index contributed by atoms with van der Waals surface area (Å²) in [7, 11) is -3.74. The molecule has 132 valence electrons. The largest absolute Gasteiger partial charge is 0.279 e. The van der Waals surface area contributed by atoms with E-state index < -0.39 is 10.0 Å². The Hall–Kier alpha value is -2.34. The number of fused-ring (bicyclic) bond motifs is 1. The summed E-state index contributed by atoms with van der Waals surface area (Å²) in [5.74, 6) is 0. The van der Waals surface area contributed by atoms with Crippen LogP contribution in [0.25, 0.3) is 10.8 Å². The van der Waals surface area contributed by atoms with Crippen molar-refractivity contribution in [1.29, 1.82) is 0 Å². The van der Waals surface area contributed by atoms with E-state index in [-0.39, 0.29) is 10.4 Å². The monoisotopic (exact) mass is 357 g/mol. The SMILES string of the molecule is Cc1nn(C(C)(C)C)c(C)c1S(=O)(=O)Nc1cccc2ccccc12. The van der Waals surface area contributed by atoms with Crippen LogP contribution in [0.15, 0.2) is 47.4 Å². The normalized spacial score (nSPS) is 12.5. The molecule has 0 unspecified atom stereocenters. The number of rotatable bonds is 3. The van der Waals surface area contributed by atoms with Crippen LogP contribution in [0.2, 0.25) is 0 Å². The minimum atomic E-state index is -3.74. The number of aryl methyl sites for hydroxylation is 1. The molecule has 2 aromatic carbocycles. The number of nitrogens with zero attached hydrogens (tertiary/aromatic N) is 2. The number of aromatic nitrogens is 2. The molecule has 0 radical (unpaired) electrons. The van der Waals surface area contributed by atoms with Gasteiger partial charge in [-0.15, -0.1) is 0 Å². The van der Waals surface area contributed by atoms with Crippen molar-refractivity contribution in [2.75, 3.05) is 4.72 Å². The minimum absolute atomic E-state index is 0.246. The molecule has 0 aliphatic carbocycles. The summed E-state index contributed by atoms with van der Waals surface area (Å²) < 4.78 is 30.6. The first-order chi connectivity index (χ1) is 11.6. The molecule has 6 heteroatoms. The molecule has 3 rings (SSSR count). The lowest BCUT2D eigenvalue weighted by molar-refractivity contribution is 0.345. The maximum Gasteiger partial charge on any atom is 0.265 e. The third-order valence-electron chi connectivity index (χ3n) is 4.16. The van der Waals surface area contributed by atoms with Crippen molar-refractivity contribution in [2.24, 2.45) is 0 Å². The third kappa shape index (κ3) is 3.14. The maximum atomic E-state index is 13.1. The van der Waals surface area contributed by atoms with Crippen LogP contribution in [0.3, 0.4) is 0 Å². The molecule has 3 aromatic rings. The van der Waals surface area contributed by atoms with E-state index >= 15 is 0 Å². The Morgan fingerprint density at radius 3 is 2.28 bits per heavy atom. The molecule has 0 saturated carbocycles. The van der Waals surface area contributed by atoms with Gasteiger partial charge in [-0.1, -0.05) is 36.4 Å². The van der Waals surface area contributed by atoms with Gasteiger partial charge in [0.2, 0.25) is 0 Å². The van der Waals surface area contributed by atoms with Crippen molar-refractivity contribution in [1.82, 2.24) is 9.78 Å². The molecule has 0 fully saturated rings. The fraction of sp³-hybridized carbons (Fsp3) is 0.316. The van der Waals surface area contributed by atoms with Gasteiger partial charge in [0.15, 0.2) is 0 Å². The van der Waals surface area contributed by atoms with E-state index in [2.05, 4.69) is 9.82 Å². The molecule has 0 amide bonds. The highest BCUT2D eigenvalue weighted by atomic mass is 32.2. The Balaban J connectivity index is 2.11. The summed E-state index contributed by atoms with van der Waals surface area (Å²) in [6, 6.07) is 13.3. The average Bonchev–Trinajstić information content (AvgIpc) is 2.83. The second-order valence-corrected chi connectivity index (χ2v) is 8.83. The van der Waals surface area contributed by atoms with E-state index in [0.717, 1.165) is 10.8 Å². The Kier molecular flexibility index (Phi) is 4.11. The van der Waals surface area contributed by atoms with Crippen LogP contribution in [0, 0.1) is 13.8 Å². The zero-order valence-electron chi connectivity index (χ0n) is 15.2. The molecule has 25 heavy (non-hydrogen) atoms. The van der Waals surface area contributed by atoms with Gasteiger partial charge in [-0.25, -0.2) is 8.42 Å². The summed E-state index contributed by atoms with van der Waals surface area (Å²) >= 11 is 0. The first kappa shape index (κ1) is 17.5. The first-order valence-electron chi connectivity index (χ1n) is 8.18. The summed E-state index contributed by atoms with van der Waals surface area (Å²) in [6.07, 6.45) is 0. The van der Waals surface area contributed by atoms with E-state index in [0.29, 0.717) is 17.1 Å². The van der Waals surface area contributed by atoms with E-state index in [1.165, 1.54) is 0 Å². The molecule has 0 spiro atoms. The smallest absolute Gasteiger partial charge is 0.265 e. The molecule has 0 bridgehead atoms. The van der Waals surface area contributed by atoms with Gasteiger partial charge in [0.05, 0.1) is 22.6 Å². The topological polar surface area (TPSA) is 64.0 Å². The molecule has 0 aliphatic heterocycles. The molecule has 5 nitrogen and oxygen atoms in total. The van der Waals surface area contributed by atoms with Gasteiger partial charge >= 0.3 is 0 Å². The van der Waals surface area contributed by atoms with E-state index in [9.17, 15) is 8.42 Å². The molecule has 1 N–H and O–H groups in total. The molecular formula is C19H23N3O2S. The Labute approximate surface area is 148 Å². The molecule has 1 heterocycles. The van der Waals surface area contributed by atoms with Crippen LogP contribution in [0.5, 0.6) is 0 Å². The van der Waals surface area contributed by atoms with Crippen molar-refractivity contribution in [3.05, 3.63) is 53.9 Å². The summed E-state index contributed by atoms with van der Waals surface area (Å²) in [6.45, 7) is 9.53. The molecule has 0 saturated heterocycles. The highest BCUT2D eigenvalue weighted by Crippen LogP contribution is 2.29. The average molecular weight is 357 g/mol. The van der Waals surface area contributed by atoms with Crippen LogP contribution in [-0.4, -0.2) is 18.2 Å². The highest BCUT2D eigenvalue weighted by Gasteiger charge is 2.28. The van der Waals surface area contributed by atoms with Crippen LogP contribution >= 0.6 is 0 Å². The molecule has 0 atom stereocenters. The molecule has 0 aliphatic rings. The third-order valence-corrected chi connectivity index (χ3v) is 5.78. The van der Waals surface area contributed by atoms with Crippen LogP contribution in [-0.2, 0) is 15.6 Å². The lowest BCUT2D eigenvalue weighted by atomic mass is 10.1. The fourth-order valence-electron chi connectivity index (χ4n) is 3.18. The van der Waals surface area contributed by atoms with E-state index in [4.69, 9.17) is 0 Å². The van der Waals surface area contributed by atoms with E-state index in [1.54, 1.807) is 24.6 Å². The molecular weight excluding hydrogens is 334 g/mol. The number of sulfonamides is 1. The lowest BCUT2D eigenvalue weighted by Gasteiger charge is -2.21. The number of benzene rings is 2. The van der Waals surface area contributed by atoms with Crippen molar-refractivity contribution < 1.29 is 8.42 Å². The van der Waals surface area contributed by atoms with Crippen LogP contribution in [0.1, 0.15) is 32.2 Å². The Morgan fingerprint density at radius 1 is 1.00 bits per heavy atom. The van der Waals surface area contributed by atoms with Crippen LogP contribution in [0.4, 0.5) is 5.69 Å². The number of hydrogen-bond donors (Lipinski definition) is 1. The first-order valence-corrected chi connectivity index (χ1v) is 9.67. The number of nitrogens with one attached hydrogen (secondary N) is 1. The van der Waals surface area contributed by atoms with Gasteiger partial charge in [0, 0.05) is 5.39 Å².